The summed E-state index contributed by atoms with van der Waals surface area (Å²) in [5.41, 5.74) is 0.134. The normalized spacial score (nSPS) is 13.8. The molecular formula is C15H16BrNO3. The molecule has 1 aromatic carbocycles. The Kier molecular flexibility index (Phi) is 4.62. The van der Waals surface area contributed by atoms with Crippen LogP contribution in [0.3, 0.4) is 0 Å². The fourth-order valence-electron chi connectivity index (χ4n) is 1.91. The Labute approximate surface area is 125 Å². The van der Waals surface area contributed by atoms with Gasteiger partial charge < -0.3 is 14.8 Å². The Morgan fingerprint density at radius 3 is 2.60 bits per heavy atom. The third-order valence-electron chi connectivity index (χ3n) is 3.29. The maximum absolute atomic E-state index is 11.9. The lowest BCUT2D eigenvalue weighted by molar-refractivity contribution is 0.0314. The zero-order chi connectivity index (χ0) is 14.6. The molecule has 2 aromatic rings. The Morgan fingerprint density at radius 2 is 2.05 bits per heavy atom. The molecule has 1 atom stereocenters. The van der Waals surface area contributed by atoms with Gasteiger partial charge in [-0.25, -0.2) is 0 Å². The van der Waals surface area contributed by atoms with E-state index in [4.69, 9.17) is 4.42 Å². The number of halogens is 1. The number of carbonyl (C=O) groups excluding carboxylic acids is 1. The van der Waals surface area contributed by atoms with Gasteiger partial charge in [0.15, 0.2) is 0 Å². The predicted octanol–water partition coefficient (Wildman–Crippen LogP) is 3.07. The number of furan rings is 1. The molecule has 106 valence electrons. The van der Waals surface area contributed by atoms with Gasteiger partial charge in [-0.15, -0.1) is 0 Å². The molecule has 0 saturated heterocycles. The maximum atomic E-state index is 11.9. The number of aliphatic hydroxyl groups is 1. The Morgan fingerprint density at radius 1 is 1.35 bits per heavy atom. The first-order chi connectivity index (χ1) is 9.55. The number of hydrogen-bond acceptors (Lipinski definition) is 3. The quantitative estimate of drug-likeness (QED) is 0.881. The fraction of sp³-hybridized carbons (Fsp3) is 0.267. The SMILES string of the molecule is CCC(O)(CNC(=O)c1ccoc1)c1ccc(Br)cc1. The van der Waals surface area contributed by atoms with Crippen LogP contribution in [0.4, 0.5) is 0 Å². The van der Waals surface area contributed by atoms with Crippen LogP contribution in [0.2, 0.25) is 0 Å². The van der Waals surface area contributed by atoms with Crippen LogP contribution in [0.15, 0.2) is 51.7 Å². The zero-order valence-corrected chi connectivity index (χ0v) is 12.7. The molecule has 1 heterocycles. The fourth-order valence-corrected chi connectivity index (χ4v) is 2.18. The average molecular weight is 338 g/mol. The van der Waals surface area contributed by atoms with E-state index in [1.807, 2.05) is 31.2 Å². The van der Waals surface area contributed by atoms with Crippen LogP contribution in [-0.4, -0.2) is 17.6 Å². The summed E-state index contributed by atoms with van der Waals surface area (Å²) in [5.74, 6) is -0.261. The molecule has 1 amide bonds. The Hall–Kier alpha value is -1.59. The highest BCUT2D eigenvalue weighted by Gasteiger charge is 2.27. The molecule has 0 fully saturated rings. The molecule has 5 heteroatoms. The highest BCUT2D eigenvalue weighted by molar-refractivity contribution is 9.10. The second kappa shape index (κ2) is 6.24. The summed E-state index contributed by atoms with van der Waals surface area (Å²) >= 11 is 3.36. The average Bonchev–Trinajstić information content (AvgIpc) is 2.99. The van der Waals surface area contributed by atoms with Crippen molar-refractivity contribution in [2.24, 2.45) is 0 Å². The number of hydrogen-bond donors (Lipinski definition) is 2. The number of benzene rings is 1. The monoisotopic (exact) mass is 337 g/mol. The first kappa shape index (κ1) is 14.8. The summed E-state index contributed by atoms with van der Waals surface area (Å²) < 4.78 is 5.81. The summed E-state index contributed by atoms with van der Waals surface area (Å²) in [5, 5.41) is 13.4. The van der Waals surface area contributed by atoms with E-state index in [-0.39, 0.29) is 12.5 Å². The second-order valence-electron chi connectivity index (χ2n) is 4.59. The van der Waals surface area contributed by atoms with E-state index in [1.54, 1.807) is 6.07 Å². The molecule has 1 unspecified atom stereocenters. The van der Waals surface area contributed by atoms with Crippen molar-refractivity contribution < 1.29 is 14.3 Å². The minimum absolute atomic E-state index is 0.148. The van der Waals surface area contributed by atoms with Gasteiger partial charge in [0, 0.05) is 4.47 Å². The molecule has 2 N–H and O–H groups in total. The smallest absolute Gasteiger partial charge is 0.254 e. The second-order valence-corrected chi connectivity index (χ2v) is 5.50. The summed E-state index contributed by atoms with van der Waals surface area (Å²) in [6.07, 6.45) is 3.32. The van der Waals surface area contributed by atoms with Gasteiger partial charge in [-0.3, -0.25) is 4.79 Å². The molecule has 0 saturated carbocycles. The highest BCUT2D eigenvalue weighted by Crippen LogP contribution is 2.25. The van der Waals surface area contributed by atoms with E-state index in [1.165, 1.54) is 12.5 Å². The first-order valence-electron chi connectivity index (χ1n) is 6.34. The van der Waals surface area contributed by atoms with Gasteiger partial charge in [0.25, 0.3) is 5.91 Å². The first-order valence-corrected chi connectivity index (χ1v) is 7.13. The lowest BCUT2D eigenvalue weighted by Gasteiger charge is -2.27. The zero-order valence-electron chi connectivity index (χ0n) is 11.1. The molecule has 0 aliphatic heterocycles. The molecule has 4 nitrogen and oxygen atoms in total. The molecule has 0 aliphatic carbocycles. The lowest BCUT2D eigenvalue weighted by atomic mass is 9.91. The summed E-state index contributed by atoms with van der Waals surface area (Å²) in [6.45, 7) is 2.03. The van der Waals surface area contributed by atoms with E-state index in [0.29, 0.717) is 12.0 Å². The van der Waals surface area contributed by atoms with Crippen LogP contribution in [0.5, 0.6) is 0 Å². The van der Waals surface area contributed by atoms with Crippen molar-refractivity contribution in [3.63, 3.8) is 0 Å². The van der Waals surface area contributed by atoms with Crippen molar-refractivity contribution in [2.75, 3.05) is 6.54 Å². The lowest BCUT2D eigenvalue weighted by Crippen LogP contribution is -2.40. The topological polar surface area (TPSA) is 62.5 Å². The molecule has 0 spiro atoms. The van der Waals surface area contributed by atoms with Crippen LogP contribution < -0.4 is 5.32 Å². The Bertz CT molecular complexity index is 565. The van der Waals surface area contributed by atoms with Gasteiger partial charge in [-0.1, -0.05) is 35.0 Å². The molecule has 2 rings (SSSR count). The van der Waals surface area contributed by atoms with Crippen molar-refractivity contribution in [1.82, 2.24) is 5.32 Å². The Balaban J connectivity index is 2.08. The van der Waals surface area contributed by atoms with Gasteiger partial charge in [0.05, 0.1) is 18.4 Å². The third kappa shape index (κ3) is 3.29. The van der Waals surface area contributed by atoms with Crippen LogP contribution >= 0.6 is 15.9 Å². The number of amides is 1. The van der Waals surface area contributed by atoms with Crippen LogP contribution in [-0.2, 0) is 5.60 Å². The van der Waals surface area contributed by atoms with Crippen molar-refractivity contribution in [3.05, 3.63) is 58.5 Å². The van der Waals surface area contributed by atoms with E-state index in [2.05, 4.69) is 21.2 Å². The molecule has 0 aliphatic rings. The van der Waals surface area contributed by atoms with Gasteiger partial charge >= 0.3 is 0 Å². The van der Waals surface area contributed by atoms with E-state index >= 15 is 0 Å². The van der Waals surface area contributed by atoms with E-state index < -0.39 is 5.60 Å². The van der Waals surface area contributed by atoms with Gasteiger partial charge in [-0.05, 0) is 30.2 Å². The van der Waals surface area contributed by atoms with Crippen LogP contribution in [0.25, 0.3) is 0 Å². The molecule has 1 aromatic heterocycles. The van der Waals surface area contributed by atoms with Gasteiger partial charge in [0.2, 0.25) is 0 Å². The van der Waals surface area contributed by atoms with Gasteiger partial charge in [0.1, 0.15) is 11.9 Å². The van der Waals surface area contributed by atoms with Crippen LogP contribution in [0, 0.1) is 0 Å². The van der Waals surface area contributed by atoms with Gasteiger partial charge in [-0.2, -0.15) is 0 Å². The highest BCUT2D eigenvalue weighted by atomic mass is 79.9. The number of nitrogens with one attached hydrogen (secondary N) is 1. The van der Waals surface area contributed by atoms with E-state index in [9.17, 15) is 9.90 Å². The third-order valence-corrected chi connectivity index (χ3v) is 3.82. The van der Waals surface area contributed by atoms with Crippen molar-refractivity contribution in [2.45, 2.75) is 18.9 Å². The summed E-state index contributed by atoms with van der Waals surface area (Å²) in [7, 11) is 0. The van der Waals surface area contributed by atoms with Crippen LogP contribution in [0.1, 0.15) is 29.3 Å². The minimum Gasteiger partial charge on any atom is -0.472 e. The van der Waals surface area contributed by atoms with Crippen molar-refractivity contribution in [1.29, 1.82) is 0 Å². The standard InChI is InChI=1S/C15H16BrNO3/c1-2-15(19,12-3-5-13(16)6-4-12)10-17-14(18)11-7-8-20-9-11/h3-9,19H,2,10H2,1H3,(H,17,18). The molecular weight excluding hydrogens is 322 g/mol. The molecule has 0 radical (unpaired) electrons. The minimum atomic E-state index is -1.08. The largest absolute Gasteiger partial charge is 0.472 e. The number of carbonyl (C=O) groups is 1. The summed E-state index contributed by atoms with van der Waals surface area (Å²) in [4.78, 5) is 11.9. The molecule has 20 heavy (non-hydrogen) atoms. The van der Waals surface area contributed by atoms with Crippen molar-refractivity contribution >= 4 is 21.8 Å². The predicted molar refractivity (Wildman–Crippen MR) is 79.4 cm³/mol. The maximum Gasteiger partial charge on any atom is 0.254 e. The summed E-state index contributed by atoms with van der Waals surface area (Å²) in [6, 6.07) is 9.01. The van der Waals surface area contributed by atoms with E-state index in [0.717, 1.165) is 10.0 Å². The molecule has 0 bridgehead atoms. The number of rotatable bonds is 5. The van der Waals surface area contributed by atoms with Crippen molar-refractivity contribution in [3.8, 4) is 0 Å².